The number of hydrogen-bond donors (Lipinski definition) is 1. The molecule has 1 saturated heterocycles. The van der Waals surface area contributed by atoms with Gasteiger partial charge in [0.1, 0.15) is 0 Å². The topological polar surface area (TPSA) is 27.6 Å². The average molecular weight is 399 g/mol. The van der Waals surface area contributed by atoms with Crippen LogP contribution in [0.15, 0.2) is 4.99 Å². The Kier molecular flexibility index (Phi) is 10.3. The zero-order chi connectivity index (χ0) is 13.5. The van der Waals surface area contributed by atoms with Crippen molar-refractivity contribution in [1.29, 1.82) is 0 Å². The van der Waals surface area contributed by atoms with E-state index in [9.17, 15) is 0 Å². The van der Waals surface area contributed by atoms with E-state index in [-0.39, 0.29) is 24.0 Å². The van der Waals surface area contributed by atoms with Gasteiger partial charge < -0.3 is 10.2 Å². The zero-order valence-electron chi connectivity index (χ0n) is 13.0. The average Bonchev–Trinajstić information content (AvgIpc) is 2.32. The highest BCUT2D eigenvalue weighted by Crippen LogP contribution is 2.21. The van der Waals surface area contributed by atoms with Crippen LogP contribution in [-0.2, 0) is 0 Å². The largest absolute Gasteiger partial charge is 0.357 e. The number of nitrogens with zero attached hydrogens (tertiary/aromatic N) is 2. The Bertz CT molecular complexity index is 263. The second-order valence-corrected chi connectivity index (χ2v) is 6.87. The third-order valence-corrected chi connectivity index (χ3v) is 4.36. The molecule has 19 heavy (non-hydrogen) atoms. The maximum Gasteiger partial charge on any atom is 0.193 e. The first-order valence-corrected chi connectivity index (χ1v) is 8.41. The van der Waals surface area contributed by atoms with Gasteiger partial charge in [0, 0.05) is 24.9 Å². The molecule has 0 aromatic carbocycles. The molecule has 0 aromatic rings. The van der Waals surface area contributed by atoms with Crippen LogP contribution in [0, 0.1) is 11.8 Å². The van der Waals surface area contributed by atoms with Gasteiger partial charge in [-0.2, -0.15) is 11.8 Å². The third-order valence-electron chi connectivity index (χ3n) is 3.40. The molecule has 0 saturated carbocycles. The molecule has 3 atom stereocenters. The Morgan fingerprint density at radius 2 is 1.95 bits per heavy atom. The second kappa shape index (κ2) is 10.1. The highest BCUT2D eigenvalue weighted by atomic mass is 127. The van der Waals surface area contributed by atoms with Crippen LogP contribution in [0.2, 0.25) is 0 Å². The first-order chi connectivity index (χ1) is 8.56. The Balaban J connectivity index is 0.00000324. The van der Waals surface area contributed by atoms with Crippen LogP contribution in [-0.4, -0.2) is 48.5 Å². The minimum absolute atomic E-state index is 0. The summed E-state index contributed by atoms with van der Waals surface area (Å²) in [4.78, 5) is 7.23. The van der Waals surface area contributed by atoms with E-state index in [4.69, 9.17) is 4.99 Å². The van der Waals surface area contributed by atoms with E-state index in [2.05, 4.69) is 44.2 Å². The summed E-state index contributed by atoms with van der Waals surface area (Å²) in [7, 11) is 0. The predicted octanol–water partition coefficient (Wildman–Crippen LogP) is 3.30. The molecule has 1 rings (SSSR count). The number of halogens is 1. The Hall–Kier alpha value is 0.350. The van der Waals surface area contributed by atoms with E-state index in [1.165, 1.54) is 6.42 Å². The minimum atomic E-state index is 0. The number of thioether (sulfide) groups is 1. The van der Waals surface area contributed by atoms with Gasteiger partial charge in [-0.05, 0) is 31.4 Å². The van der Waals surface area contributed by atoms with Crippen molar-refractivity contribution < 1.29 is 0 Å². The van der Waals surface area contributed by atoms with Gasteiger partial charge in [-0.15, -0.1) is 24.0 Å². The SMILES string of the molecule is CCNC(=NCC(C)SC)N1CC(C)CC(C)C1.I. The van der Waals surface area contributed by atoms with Crippen LogP contribution in [0.1, 0.15) is 34.1 Å². The van der Waals surface area contributed by atoms with Crippen molar-refractivity contribution >= 4 is 41.7 Å². The zero-order valence-corrected chi connectivity index (χ0v) is 16.1. The lowest BCUT2D eigenvalue weighted by Crippen LogP contribution is -2.48. The van der Waals surface area contributed by atoms with Crippen molar-refractivity contribution in [3.63, 3.8) is 0 Å². The third kappa shape index (κ3) is 7.06. The summed E-state index contributed by atoms with van der Waals surface area (Å²) < 4.78 is 0. The molecule has 0 radical (unpaired) electrons. The molecule has 114 valence electrons. The number of piperidine rings is 1. The molecule has 0 aromatic heterocycles. The summed E-state index contributed by atoms with van der Waals surface area (Å²) in [5.41, 5.74) is 0. The summed E-state index contributed by atoms with van der Waals surface area (Å²) in [6, 6.07) is 0. The lowest BCUT2D eigenvalue weighted by Gasteiger charge is -2.37. The van der Waals surface area contributed by atoms with E-state index in [0.29, 0.717) is 5.25 Å². The molecule has 0 bridgehead atoms. The second-order valence-electron chi connectivity index (χ2n) is 5.59. The van der Waals surface area contributed by atoms with Crippen LogP contribution in [0.3, 0.4) is 0 Å². The minimum Gasteiger partial charge on any atom is -0.357 e. The molecule has 1 aliphatic rings. The lowest BCUT2D eigenvalue weighted by atomic mass is 9.92. The van der Waals surface area contributed by atoms with Crippen molar-refractivity contribution in [2.45, 2.75) is 39.4 Å². The molecule has 3 unspecified atom stereocenters. The molecule has 0 amide bonds. The highest BCUT2D eigenvalue weighted by Gasteiger charge is 2.23. The quantitative estimate of drug-likeness (QED) is 0.447. The smallest absolute Gasteiger partial charge is 0.193 e. The van der Waals surface area contributed by atoms with Crippen LogP contribution in [0.5, 0.6) is 0 Å². The first-order valence-electron chi connectivity index (χ1n) is 7.12. The molecule has 1 fully saturated rings. The van der Waals surface area contributed by atoms with Gasteiger partial charge in [0.25, 0.3) is 0 Å². The molecule has 1 aliphatic heterocycles. The lowest BCUT2D eigenvalue weighted by molar-refractivity contribution is 0.208. The highest BCUT2D eigenvalue weighted by molar-refractivity contribution is 14.0. The number of guanidine groups is 1. The summed E-state index contributed by atoms with van der Waals surface area (Å²) in [5, 5.41) is 4.04. The van der Waals surface area contributed by atoms with Gasteiger partial charge >= 0.3 is 0 Å². The van der Waals surface area contributed by atoms with Gasteiger partial charge in [0.15, 0.2) is 5.96 Å². The van der Waals surface area contributed by atoms with Crippen molar-refractivity contribution in [2.75, 3.05) is 32.4 Å². The molecule has 0 spiro atoms. The fraction of sp³-hybridized carbons (Fsp3) is 0.929. The summed E-state index contributed by atoms with van der Waals surface area (Å²) >= 11 is 1.88. The van der Waals surface area contributed by atoms with E-state index >= 15 is 0 Å². The van der Waals surface area contributed by atoms with Gasteiger partial charge in [-0.25, -0.2) is 0 Å². The molecular formula is C14H30IN3S. The monoisotopic (exact) mass is 399 g/mol. The number of nitrogens with one attached hydrogen (secondary N) is 1. The van der Waals surface area contributed by atoms with Gasteiger partial charge in [0.05, 0.1) is 6.54 Å². The molecule has 1 N–H and O–H groups in total. The molecule has 3 nitrogen and oxygen atoms in total. The van der Waals surface area contributed by atoms with Crippen LogP contribution in [0.25, 0.3) is 0 Å². The number of aliphatic imine (C=N–C) groups is 1. The van der Waals surface area contributed by atoms with Crippen molar-refractivity contribution in [3.05, 3.63) is 0 Å². The summed E-state index contributed by atoms with van der Waals surface area (Å²) in [6.45, 7) is 13.2. The molecular weight excluding hydrogens is 369 g/mol. The van der Waals surface area contributed by atoms with Gasteiger partial charge in [0.2, 0.25) is 0 Å². The van der Waals surface area contributed by atoms with E-state index in [1.54, 1.807) is 0 Å². The number of likely N-dealkylation sites (tertiary alicyclic amines) is 1. The molecule has 0 aliphatic carbocycles. The van der Waals surface area contributed by atoms with Gasteiger partial charge in [-0.1, -0.05) is 20.8 Å². The Labute approximate surface area is 140 Å². The van der Waals surface area contributed by atoms with Crippen molar-refractivity contribution in [2.24, 2.45) is 16.8 Å². The summed E-state index contributed by atoms with van der Waals surface area (Å²) in [6.07, 6.45) is 3.50. The van der Waals surface area contributed by atoms with Crippen LogP contribution < -0.4 is 5.32 Å². The maximum absolute atomic E-state index is 4.79. The molecule has 1 heterocycles. The van der Waals surface area contributed by atoms with E-state index in [1.807, 2.05) is 11.8 Å². The summed E-state index contributed by atoms with van der Waals surface area (Å²) in [5.74, 6) is 2.66. The van der Waals surface area contributed by atoms with E-state index < -0.39 is 0 Å². The fourth-order valence-electron chi connectivity index (χ4n) is 2.55. The van der Waals surface area contributed by atoms with E-state index in [0.717, 1.165) is 44.0 Å². The maximum atomic E-state index is 4.79. The van der Waals surface area contributed by atoms with Crippen molar-refractivity contribution in [3.8, 4) is 0 Å². The van der Waals surface area contributed by atoms with Crippen LogP contribution >= 0.6 is 35.7 Å². The molecule has 5 heteroatoms. The van der Waals surface area contributed by atoms with Gasteiger partial charge in [-0.3, -0.25) is 4.99 Å². The Morgan fingerprint density at radius 3 is 2.42 bits per heavy atom. The normalized spacial score (nSPS) is 25.7. The fourth-order valence-corrected chi connectivity index (χ4v) is 2.77. The Morgan fingerprint density at radius 1 is 1.37 bits per heavy atom. The number of hydrogen-bond acceptors (Lipinski definition) is 2. The van der Waals surface area contributed by atoms with Crippen LogP contribution in [0.4, 0.5) is 0 Å². The standard InChI is InChI=1S/C14H29N3S.HI/c1-6-15-14(16-8-13(4)18-5)17-9-11(2)7-12(3)10-17;/h11-13H,6-10H2,1-5H3,(H,15,16);1H. The van der Waals surface area contributed by atoms with Crippen molar-refractivity contribution in [1.82, 2.24) is 10.2 Å². The number of rotatable bonds is 4. The predicted molar refractivity (Wildman–Crippen MR) is 98.9 cm³/mol. The first kappa shape index (κ1) is 19.4.